The van der Waals surface area contributed by atoms with Crippen LogP contribution < -0.4 is 15.4 Å². The van der Waals surface area contributed by atoms with Gasteiger partial charge in [-0.1, -0.05) is 30.3 Å². The molecule has 0 aromatic heterocycles. The highest BCUT2D eigenvalue weighted by Crippen LogP contribution is 2.31. The Kier molecular flexibility index (Phi) is 4.25. The number of methoxy groups -OCH3 is 1. The van der Waals surface area contributed by atoms with Gasteiger partial charge in [0.2, 0.25) is 0 Å². The first kappa shape index (κ1) is 14.4. The van der Waals surface area contributed by atoms with Crippen molar-refractivity contribution in [1.82, 2.24) is 5.32 Å². The zero-order valence-electron chi connectivity index (χ0n) is 12.3. The molecule has 1 aliphatic rings. The summed E-state index contributed by atoms with van der Waals surface area (Å²) in [6, 6.07) is 15.1. The fraction of sp³-hybridized carbons (Fsp3) is 0.235. The van der Waals surface area contributed by atoms with Gasteiger partial charge in [0.05, 0.1) is 12.2 Å². The van der Waals surface area contributed by atoms with Crippen LogP contribution in [0.15, 0.2) is 48.5 Å². The van der Waals surface area contributed by atoms with Crippen LogP contribution in [-0.2, 0) is 4.74 Å². The number of para-hydroxylation sites is 2. The molecule has 1 amide bonds. The van der Waals surface area contributed by atoms with E-state index in [1.165, 1.54) is 0 Å². The van der Waals surface area contributed by atoms with Crippen molar-refractivity contribution in [3.63, 3.8) is 0 Å². The molecule has 1 heterocycles. The highest BCUT2D eigenvalue weighted by atomic mass is 16.5. The average molecular weight is 298 g/mol. The normalized spacial score (nSPS) is 16.4. The minimum Gasteiger partial charge on any atom is -0.491 e. The molecule has 0 spiro atoms. The largest absolute Gasteiger partial charge is 0.491 e. The Morgan fingerprint density at radius 3 is 2.64 bits per heavy atom. The number of carbonyl (C=O) groups excluding carboxylic acids is 1. The van der Waals surface area contributed by atoms with Gasteiger partial charge < -0.3 is 20.1 Å². The molecule has 114 valence electrons. The molecule has 0 bridgehead atoms. The number of hydrogen-bond donors (Lipinski definition) is 2. The van der Waals surface area contributed by atoms with E-state index in [9.17, 15) is 4.79 Å². The molecule has 5 nitrogen and oxygen atoms in total. The van der Waals surface area contributed by atoms with E-state index < -0.39 is 0 Å². The summed E-state index contributed by atoms with van der Waals surface area (Å²) in [6.45, 7) is 0.979. The number of nitrogens with one attached hydrogen (secondary N) is 2. The van der Waals surface area contributed by atoms with E-state index in [-0.39, 0.29) is 12.1 Å². The Balaban J connectivity index is 1.85. The van der Waals surface area contributed by atoms with Crippen molar-refractivity contribution in [2.75, 3.05) is 25.6 Å². The molecule has 0 aliphatic carbocycles. The van der Waals surface area contributed by atoms with Crippen molar-refractivity contribution in [1.29, 1.82) is 0 Å². The molecule has 0 fully saturated rings. The number of hydrogen-bond acceptors (Lipinski definition) is 4. The predicted octanol–water partition coefficient (Wildman–Crippen LogP) is 2.57. The summed E-state index contributed by atoms with van der Waals surface area (Å²) in [5.74, 6) is 0.641. The van der Waals surface area contributed by atoms with Crippen molar-refractivity contribution in [3.8, 4) is 5.75 Å². The molecule has 2 aromatic rings. The highest BCUT2D eigenvalue weighted by Gasteiger charge is 2.25. The number of rotatable bonds is 5. The number of amides is 1. The van der Waals surface area contributed by atoms with Gasteiger partial charge >= 0.3 is 0 Å². The maximum atomic E-state index is 12.2. The lowest BCUT2D eigenvalue weighted by molar-refractivity contribution is 0.0934. The van der Waals surface area contributed by atoms with Crippen LogP contribution in [0.5, 0.6) is 5.75 Å². The van der Waals surface area contributed by atoms with Crippen LogP contribution >= 0.6 is 0 Å². The Bertz CT molecular complexity index is 672. The van der Waals surface area contributed by atoms with Gasteiger partial charge in [-0.05, 0) is 18.2 Å². The second-order valence-corrected chi connectivity index (χ2v) is 4.98. The molecular formula is C17H18N2O3. The summed E-state index contributed by atoms with van der Waals surface area (Å²) in [5, 5.41) is 6.29. The van der Waals surface area contributed by atoms with Gasteiger partial charge in [-0.2, -0.15) is 0 Å². The number of carbonyl (C=O) groups is 1. The van der Waals surface area contributed by atoms with Gasteiger partial charge in [-0.25, -0.2) is 0 Å². The van der Waals surface area contributed by atoms with Crippen molar-refractivity contribution >= 4 is 11.6 Å². The lowest BCUT2D eigenvalue weighted by atomic mass is 10.1. The van der Waals surface area contributed by atoms with Crippen molar-refractivity contribution < 1.29 is 14.3 Å². The van der Waals surface area contributed by atoms with Gasteiger partial charge in [0.25, 0.3) is 5.91 Å². The maximum Gasteiger partial charge on any atom is 0.255 e. The molecule has 0 radical (unpaired) electrons. The van der Waals surface area contributed by atoms with E-state index >= 15 is 0 Å². The van der Waals surface area contributed by atoms with Gasteiger partial charge in [0, 0.05) is 18.4 Å². The first-order valence-electron chi connectivity index (χ1n) is 7.16. The van der Waals surface area contributed by atoms with Crippen LogP contribution in [0.25, 0.3) is 0 Å². The van der Waals surface area contributed by atoms with Crippen LogP contribution in [0.4, 0.5) is 5.69 Å². The van der Waals surface area contributed by atoms with E-state index in [2.05, 4.69) is 10.6 Å². The third-order valence-corrected chi connectivity index (χ3v) is 3.52. The molecule has 3 rings (SSSR count). The Morgan fingerprint density at radius 1 is 1.00 bits per heavy atom. The molecule has 1 unspecified atom stereocenters. The average Bonchev–Trinajstić information content (AvgIpc) is 2.55. The van der Waals surface area contributed by atoms with Gasteiger partial charge in [-0.15, -0.1) is 0 Å². The summed E-state index contributed by atoms with van der Waals surface area (Å²) in [6.07, 6.45) is -0.318. The second kappa shape index (κ2) is 6.49. The zero-order valence-corrected chi connectivity index (χ0v) is 12.3. The maximum absolute atomic E-state index is 12.2. The smallest absolute Gasteiger partial charge is 0.255 e. The first-order valence-corrected chi connectivity index (χ1v) is 7.16. The Hall–Kier alpha value is -2.53. The minimum atomic E-state index is -0.318. The summed E-state index contributed by atoms with van der Waals surface area (Å²) in [5.41, 5.74) is 2.36. The molecule has 2 aromatic carbocycles. The molecule has 1 aliphatic heterocycles. The fourth-order valence-corrected chi connectivity index (χ4v) is 2.45. The third kappa shape index (κ3) is 2.89. The van der Waals surface area contributed by atoms with Crippen LogP contribution in [0.3, 0.4) is 0 Å². The molecule has 0 saturated heterocycles. The number of anilines is 1. The first-order chi connectivity index (χ1) is 10.8. The predicted molar refractivity (Wildman–Crippen MR) is 84.1 cm³/mol. The summed E-state index contributed by atoms with van der Waals surface area (Å²) in [7, 11) is 1.63. The van der Waals surface area contributed by atoms with Crippen molar-refractivity contribution in [2.24, 2.45) is 0 Å². The van der Waals surface area contributed by atoms with Gasteiger partial charge in [0.15, 0.2) is 0 Å². The van der Waals surface area contributed by atoms with E-state index in [4.69, 9.17) is 9.47 Å². The number of ether oxygens (including phenoxy) is 2. The van der Waals surface area contributed by atoms with E-state index in [0.29, 0.717) is 18.8 Å². The van der Waals surface area contributed by atoms with Crippen LogP contribution in [0.2, 0.25) is 0 Å². The monoisotopic (exact) mass is 298 g/mol. The molecule has 5 heteroatoms. The Labute approximate surface area is 129 Å². The molecule has 1 atom stereocenters. The standard InChI is InChI=1S/C17H18N2O3/c1-21-10-11-22-15-9-5-3-7-13(15)16-18-14-8-4-2-6-12(14)17(20)19-16/h2-9,16,18H,10-11H2,1H3,(H,19,20). The summed E-state index contributed by atoms with van der Waals surface area (Å²) >= 11 is 0. The van der Waals surface area contributed by atoms with E-state index in [1.807, 2.05) is 42.5 Å². The van der Waals surface area contributed by atoms with E-state index in [1.54, 1.807) is 13.2 Å². The quantitative estimate of drug-likeness (QED) is 0.833. The minimum absolute atomic E-state index is 0.0916. The SMILES string of the molecule is COCCOc1ccccc1C1NC(=O)c2ccccc2N1. The number of benzene rings is 2. The zero-order chi connectivity index (χ0) is 15.4. The second-order valence-electron chi connectivity index (χ2n) is 4.98. The lowest BCUT2D eigenvalue weighted by Crippen LogP contribution is -2.38. The molecule has 0 saturated carbocycles. The topological polar surface area (TPSA) is 59.6 Å². The van der Waals surface area contributed by atoms with Crippen molar-refractivity contribution in [3.05, 3.63) is 59.7 Å². The van der Waals surface area contributed by atoms with E-state index in [0.717, 1.165) is 17.0 Å². The van der Waals surface area contributed by atoms with Crippen LogP contribution in [0.1, 0.15) is 22.1 Å². The van der Waals surface area contributed by atoms with Gasteiger partial charge in [-0.3, -0.25) is 4.79 Å². The fourth-order valence-electron chi connectivity index (χ4n) is 2.45. The summed E-state index contributed by atoms with van der Waals surface area (Å²) < 4.78 is 10.7. The lowest BCUT2D eigenvalue weighted by Gasteiger charge is -2.29. The highest BCUT2D eigenvalue weighted by molar-refractivity contribution is 6.01. The molecular weight excluding hydrogens is 280 g/mol. The molecule has 2 N–H and O–H groups in total. The van der Waals surface area contributed by atoms with Crippen molar-refractivity contribution in [2.45, 2.75) is 6.17 Å². The number of fused-ring (bicyclic) bond motifs is 1. The molecule has 22 heavy (non-hydrogen) atoms. The van der Waals surface area contributed by atoms with Gasteiger partial charge in [0.1, 0.15) is 18.5 Å². The third-order valence-electron chi connectivity index (χ3n) is 3.52. The Morgan fingerprint density at radius 2 is 1.77 bits per heavy atom. The van der Waals surface area contributed by atoms with Crippen LogP contribution in [-0.4, -0.2) is 26.2 Å². The summed E-state index contributed by atoms with van der Waals surface area (Å²) in [4.78, 5) is 12.2. The van der Waals surface area contributed by atoms with Crippen LogP contribution in [0, 0.1) is 0 Å².